The van der Waals surface area contributed by atoms with E-state index < -0.39 is 11.7 Å². The normalized spacial score (nSPS) is 14.9. The van der Waals surface area contributed by atoms with Gasteiger partial charge in [0.25, 0.3) is 0 Å². The van der Waals surface area contributed by atoms with E-state index in [1.807, 2.05) is 23.7 Å². The molecule has 1 aliphatic rings. The highest BCUT2D eigenvalue weighted by Gasteiger charge is 2.30. The number of pyridine rings is 1. The highest BCUT2D eigenvalue weighted by molar-refractivity contribution is 9.10. The highest BCUT2D eigenvalue weighted by atomic mass is 79.9. The Morgan fingerprint density at radius 3 is 2.57 bits per heavy atom. The van der Waals surface area contributed by atoms with E-state index in [-0.39, 0.29) is 0 Å². The lowest BCUT2D eigenvalue weighted by atomic mass is 10.1. The number of fused-ring (bicyclic) bond motifs is 1. The fraction of sp³-hybridized carbons (Fsp3) is 0.300. The average molecular weight is 451 g/mol. The van der Waals surface area contributed by atoms with Crippen molar-refractivity contribution in [2.24, 2.45) is 7.05 Å². The van der Waals surface area contributed by atoms with Crippen molar-refractivity contribution < 1.29 is 13.2 Å². The fourth-order valence-electron chi connectivity index (χ4n) is 3.52. The molecule has 0 radical (unpaired) electrons. The molecule has 4 rings (SSSR count). The second kappa shape index (κ2) is 7.33. The van der Waals surface area contributed by atoms with Crippen LogP contribution in [0.1, 0.15) is 22.5 Å². The van der Waals surface area contributed by atoms with Gasteiger partial charge in [0.15, 0.2) is 0 Å². The monoisotopic (exact) mass is 450 g/mol. The van der Waals surface area contributed by atoms with Gasteiger partial charge in [-0.25, -0.2) is 9.97 Å². The summed E-state index contributed by atoms with van der Waals surface area (Å²) in [7, 11) is 1.92. The summed E-state index contributed by atoms with van der Waals surface area (Å²) in [4.78, 5) is 11.3. The number of hydrogen-bond donors (Lipinski definition) is 0. The second-order valence-electron chi connectivity index (χ2n) is 6.88. The Morgan fingerprint density at radius 2 is 1.89 bits per heavy atom. The molecule has 146 valence electrons. The van der Waals surface area contributed by atoms with E-state index in [1.165, 1.54) is 12.1 Å². The van der Waals surface area contributed by atoms with Crippen LogP contribution in [0, 0.1) is 0 Å². The number of alkyl halides is 3. The van der Waals surface area contributed by atoms with Crippen LogP contribution >= 0.6 is 15.9 Å². The molecule has 0 aliphatic carbocycles. The van der Waals surface area contributed by atoms with E-state index in [0.717, 1.165) is 59.7 Å². The van der Waals surface area contributed by atoms with Crippen molar-refractivity contribution in [3.63, 3.8) is 0 Å². The first kappa shape index (κ1) is 19.1. The lowest BCUT2D eigenvalue weighted by Gasteiger charge is -2.27. The number of halogens is 4. The van der Waals surface area contributed by atoms with Crippen molar-refractivity contribution in [3.05, 3.63) is 69.7 Å². The van der Waals surface area contributed by atoms with Gasteiger partial charge in [-0.3, -0.25) is 4.90 Å². The summed E-state index contributed by atoms with van der Waals surface area (Å²) in [6.07, 6.45) is -1.78. The van der Waals surface area contributed by atoms with Crippen LogP contribution in [0.2, 0.25) is 0 Å². The zero-order valence-corrected chi connectivity index (χ0v) is 16.8. The van der Waals surface area contributed by atoms with Crippen molar-refractivity contribution >= 4 is 15.9 Å². The Labute approximate surface area is 169 Å². The molecule has 0 atom stereocenters. The Balaban J connectivity index is 1.57. The van der Waals surface area contributed by atoms with Gasteiger partial charge in [0, 0.05) is 44.9 Å². The number of nitrogens with zero attached hydrogens (tertiary/aromatic N) is 4. The minimum Gasteiger partial charge on any atom is -0.330 e. The number of imidazole rings is 1. The van der Waals surface area contributed by atoms with Crippen LogP contribution in [0.4, 0.5) is 13.2 Å². The fourth-order valence-corrected chi connectivity index (χ4v) is 3.90. The third-order valence-electron chi connectivity index (χ3n) is 5.04. The predicted molar refractivity (Wildman–Crippen MR) is 103 cm³/mol. The van der Waals surface area contributed by atoms with Crippen molar-refractivity contribution in [1.29, 1.82) is 0 Å². The molecule has 0 saturated heterocycles. The van der Waals surface area contributed by atoms with E-state index in [1.54, 1.807) is 6.20 Å². The van der Waals surface area contributed by atoms with E-state index >= 15 is 0 Å². The van der Waals surface area contributed by atoms with Gasteiger partial charge in [0.1, 0.15) is 10.4 Å². The van der Waals surface area contributed by atoms with Gasteiger partial charge in [0.2, 0.25) is 0 Å². The summed E-state index contributed by atoms with van der Waals surface area (Å²) in [5.41, 5.74) is 3.27. The molecule has 0 spiro atoms. The molecule has 0 amide bonds. The van der Waals surface area contributed by atoms with Crippen LogP contribution < -0.4 is 0 Å². The molecule has 0 N–H and O–H groups in total. The standard InChI is InChI=1S/C20H18BrF3N4/c1-27-17-12-28(11-14-3-2-9-25-18(14)21)10-8-16(17)26-19(27)13-4-6-15(7-5-13)20(22,23)24/h2-7,9H,8,10-12H2,1H3. The van der Waals surface area contributed by atoms with E-state index in [9.17, 15) is 13.2 Å². The van der Waals surface area contributed by atoms with Crippen LogP contribution in [-0.4, -0.2) is 26.0 Å². The van der Waals surface area contributed by atoms with Crippen LogP contribution in [0.25, 0.3) is 11.4 Å². The molecule has 28 heavy (non-hydrogen) atoms. The maximum absolute atomic E-state index is 12.8. The minimum absolute atomic E-state index is 0.650. The molecule has 3 heterocycles. The third-order valence-corrected chi connectivity index (χ3v) is 5.75. The molecule has 8 heteroatoms. The van der Waals surface area contributed by atoms with Gasteiger partial charge in [-0.1, -0.05) is 18.2 Å². The summed E-state index contributed by atoms with van der Waals surface area (Å²) in [6.45, 7) is 2.38. The summed E-state index contributed by atoms with van der Waals surface area (Å²) in [5.74, 6) is 0.697. The number of aromatic nitrogens is 3. The van der Waals surface area contributed by atoms with Gasteiger partial charge < -0.3 is 4.57 Å². The van der Waals surface area contributed by atoms with Crippen LogP contribution in [0.3, 0.4) is 0 Å². The Bertz CT molecular complexity index is 996. The maximum atomic E-state index is 12.8. The molecule has 0 fully saturated rings. The smallest absolute Gasteiger partial charge is 0.330 e. The van der Waals surface area contributed by atoms with Gasteiger partial charge in [-0.15, -0.1) is 0 Å². The molecule has 0 bridgehead atoms. The summed E-state index contributed by atoms with van der Waals surface area (Å²) in [6, 6.07) is 9.15. The van der Waals surface area contributed by atoms with Crippen molar-refractivity contribution in [1.82, 2.24) is 19.4 Å². The zero-order chi connectivity index (χ0) is 19.9. The molecule has 4 nitrogen and oxygen atoms in total. The summed E-state index contributed by atoms with van der Waals surface area (Å²) in [5, 5.41) is 0. The number of rotatable bonds is 3. The average Bonchev–Trinajstić information content (AvgIpc) is 2.99. The Morgan fingerprint density at radius 1 is 1.14 bits per heavy atom. The first-order valence-electron chi connectivity index (χ1n) is 8.87. The van der Waals surface area contributed by atoms with Gasteiger partial charge in [0.05, 0.1) is 17.0 Å². The van der Waals surface area contributed by atoms with E-state index in [2.05, 4.69) is 25.8 Å². The number of hydrogen-bond acceptors (Lipinski definition) is 3. The number of benzene rings is 1. The van der Waals surface area contributed by atoms with Gasteiger partial charge in [-0.2, -0.15) is 13.2 Å². The third kappa shape index (κ3) is 3.71. The molecular formula is C20H18BrF3N4. The lowest BCUT2D eigenvalue weighted by molar-refractivity contribution is -0.137. The first-order chi connectivity index (χ1) is 13.3. The Kier molecular flexibility index (Phi) is 5.01. The van der Waals surface area contributed by atoms with Crippen LogP contribution in [0.15, 0.2) is 47.2 Å². The maximum Gasteiger partial charge on any atom is 0.416 e. The quantitative estimate of drug-likeness (QED) is 0.536. The molecular weight excluding hydrogens is 433 g/mol. The topological polar surface area (TPSA) is 34.0 Å². The van der Waals surface area contributed by atoms with Crippen molar-refractivity contribution in [3.8, 4) is 11.4 Å². The minimum atomic E-state index is -4.33. The van der Waals surface area contributed by atoms with E-state index in [0.29, 0.717) is 11.4 Å². The van der Waals surface area contributed by atoms with Gasteiger partial charge >= 0.3 is 6.18 Å². The SMILES string of the molecule is Cn1c(-c2ccc(C(F)(F)F)cc2)nc2c1CN(Cc1cccnc1Br)CC2. The summed E-state index contributed by atoms with van der Waals surface area (Å²) >= 11 is 3.49. The molecule has 0 saturated carbocycles. The zero-order valence-electron chi connectivity index (χ0n) is 15.2. The second-order valence-corrected chi connectivity index (χ2v) is 7.63. The molecule has 2 aromatic heterocycles. The van der Waals surface area contributed by atoms with Crippen molar-refractivity contribution in [2.45, 2.75) is 25.7 Å². The van der Waals surface area contributed by atoms with E-state index in [4.69, 9.17) is 4.98 Å². The van der Waals surface area contributed by atoms with Crippen molar-refractivity contribution in [2.75, 3.05) is 6.54 Å². The van der Waals surface area contributed by atoms with Crippen LogP contribution in [-0.2, 0) is 32.7 Å². The first-order valence-corrected chi connectivity index (χ1v) is 9.66. The highest BCUT2D eigenvalue weighted by Crippen LogP contribution is 2.32. The summed E-state index contributed by atoms with van der Waals surface area (Å²) < 4.78 is 41.2. The molecule has 1 aromatic carbocycles. The lowest BCUT2D eigenvalue weighted by Crippen LogP contribution is -2.31. The molecule has 3 aromatic rings. The Hall–Kier alpha value is -2.19. The molecule has 1 aliphatic heterocycles. The molecule has 0 unspecified atom stereocenters. The van der Waals surface area contributed by atoms with Crippen LogP contribution in [0.5, 0.6) is 0 Å². The van der Waals surface area contributed by atoms with Gasteiger partial charge in [-0.05, 0) is 39.7 Å². The largest absolute Gasteiger partial charge is 0.416 e. The predicted octanol–water partition coefficient (Wildman–Crippen LogP) is 4.82.